The predicted octanol–water partition coefficient (Wildman–Crippen LogP) is 2.33. The average molecular weight is 468 g/mol. The lowest BCUT2D eigenvalue weighted by Crippen LogP contribution is -2.40. The number of aromatic nitrogens is 2. The fraction of sp³-hybridized carbons (Fsp3) is 0.304. The maximum Gasteiger partial charge on any atom is 0.243 e. The standard InChI is InChI=1S/C23H25N5O4S/c1-23(25,21-15-26-16-27(21)2)20-8-3-5-17(14-24)22(20)32-18-6-4-7-19(13-18)33(29,30)28-9-11-31-12-10-28/h3-8,13,15-16H,9-12,25H2,1-2H3. The van der Waals surface area contributed by atoms with Gasteiger partial charge in [-0.05, 0) is 25.1 Å². The molecule has 2 heterocycles. The molecule has 9 nitrogen and oxygen atoms in total. The number of nitrogens with zero attached hydrogens (tertiary/aromatic N) is 4. The highest BCUT2D eigenvalue weighted by molar-refractivity contribution is 7.89. The van der Waals surface area contributed by atoms with Crippen LogP contribution in [0.1, 0.15) is 23.7 Å². The quantitative estimate of drug-likeness (QED) is 0.590. The number of hydrogen-bond donors (Lipinski definition) is 1. The van der Waals surface area contributed by atoms with E-state index >= 15 is 0 Å². The number of ether oxygens (including phenoxy) is 2. The van der Waals surface area contributed by atoms with Crippen LogP contribution in [0.5, 0.6) is 11.5 Å². The molecule has 1 atom stereocenters. The van der Waals surface area contributed by atoms with E-state index in [1.54, 1.807) is 47.4 Å². The Hall–Kier alpha value is -3.23. The number of nitriles is 1. The molecule has 0 spiro atoms. The molecule has 0 saturated carbocycles. The number of aryl methyl sites for hydroxylation is 1. The molecule has 2 aromatic carbocycles. The fourth-order valence-corrected chi connectivity index (χ4v) is 5.34. The first kappa shape index (κ1) is 22.9. The Kier molecular flexibility index (Phi) is 6.23. The van der Waals surface area contributed by atoms with Gasteiger partial charge in [-0.15, -0.1) is 0 Å². The molecule has 1 aromatic heterocycles. The fourth-order valence-electron chi connectivity index (χ4n) is 3.89. The van der Waals surface area contributed by atoms with Crippen LogP contribution >= 0.6 is 0 Å². The van der Waals surface area contributed by atoms with E-state index in [-0.39, 0.29) is 22.0 Å². The summed E-state index contributed by atoms with van der Waals surface area (Å²) in [5, 5.41) is 9.72. The second-order valence-electron chi connectivity index (χ2n) is 7.98. The molecule has 1 fully saturated rings. The Bertz CT molecular complexity index is 1300. The minimum Gasteiger partial charge on any atom is -0.456 e. The molecule has 0 amide bonds. The van der Waals surface area contributed by atoms with Crippen molar-refractivity contribution < 1.29 is 17.9 Å². The van der Waals surface area contributed by atoms with Gasteiger partial charge >= 0.3 is 0 Å². The molecule has 0 bridgehead atoms. The zero-order valence-electron chi connectivity index (χ0n) is 18.4. The Balaban J connectivity index is 1.74. The van der Waals surface area contributed by atoms with Gasteiger partial charge in [-0.25, -0.2) is 13.4 Å². The summed E-state index contributed by atoms with van der Waals surface area (Å²) in [6.45, 7) is 3.12. The number of nitrogens with two attached hydrogens (primary N) is 1. The first-order valence-corrected chi connectivity index (χ1v) is 11.8. The minimum absolute atomic E-state index is 0.111. The van der Waals surface area contributed by atoms with Gasteiger partial charge in [0.25, 0.3) is 0 Å². The Morgan fingerprint density at radius 3 is 2.61 bits per heavy atom. The summed E-state index contributed by atoms with van der Waals surface area (Å²) in [4.78, 5) is 4.26. The van der Waals surface area contributed by atoms with Crippen molar-refractivity contribution in [2.45, 2.75) is 17.4 Å². The SMILES string of the molecule is Cn1cncc1C(C)(N)c1cccc(C#N)c1Oc1cccc(S(=O)(=O)N2CCOCC2)c1. The summed E-state index contributed by atoms with van der Waals surface area (Å²) in [6.07, 6.45) is 3.31. The summed E-state index contributed by atoms with van der Waals surface area (Å²) in [7, 11) is -1.86. The summed E-state index contributed by atoms with van der Waals surface area (Å²) >= 11 is 0. The Labute approximate surface area is 193 Å². The molecule has 4 rings (SSSR count). The molecule has 33 heavy (non-hydrogen) atoms. The van der Waals surface area contributed by atoms with Crippen LogP contribution in [-0.4, -0.2) is 48.6 Å². The van der Waals surface area contributed by atoms with Gasteiger partial charge in [0.05, 0.1) is 47.4 Å². The van der Waals surface area contributed by atoms with E-state index in [9.17, 15) is 13.7 Å². The first-order valence-electron chi connectivity index (χ1n) is 10.4. The molecular weight excluding hydrogens is 442 g/mol. The molecule has 0 aliphatic carbocycles. The van der Waals surface area contributed by atoms with Gasteiger partial charge in [0.2, 0.25) is 10.0 Å². The monoisotopic (exact) mass is 467 g/mol. The number of rotatable bonds is 6. The molecule has 1 saturated heterocycles. The highest BCUT2D eigenvalue weighted by Crippen LogP contribution is 2.38. The summed E-state index contributed by atoms with van der Waals surface area (Å²) in [5.41, 5.74) is 7.28. The molecule has 1 aliphatic rings. The van der Waals surface area contributed by atoms with Gasteiger partial charge < -0.3 is 19.8 Å². The lowest BCUT2D eigenvalue weighted by Gasteiger charge is -2.28. The van der Waals surface area contributed by atoms with Gasteiger partial charge in [-0.1, -0.05) is 18.2 Å². The number of hydrogen-bond acceptors (Lipinski definition) is 7. The molecule has 3 aromatic rings. The van der Waals surface area contributed by atoms with Crippen LogP contribution in [0.15, 0.2) is 59.9 Å². The van der Waals surface area contributed by atoms with Crippen molar-refractivity contribution in [3.05, 3.63) is 71.8 Å². The molecule has 1 aliphatic heterocycles. The molecular formula is C23H25N5O4S. The lowest BCUT2D eigenvalue weighted by atomic mass is 9.88. The molecule has 2 N–H and O–H groups in total. The van der Waals surface area contributed by atoms with E-state index in [1.807, 2.05) is 14.0 Å². The number of sulfonamides is 1. The van der Waals surface area contributed by atoms with Crippen LogP contribution in [0.4, 0.5) is 0 Å². The summed E-state index contributed by atoms with van der Waals surface area (Å²) in [5.74, 6) is 0.557. The van der Waals surface area contributed by atoms with Gasteiger partial charge in [0.15, 0.2) is 5.75 Å². The maximum atomic E-state index is 13.1. The first-order chi connectivity index (χ1) is 15.7. The van der Waals surface area contributed by atoms with E-state index in [1.165, 1.54) is 16.4 Å². The van der Waals surface area contributed by atoms with Crippen molar-refractivity contribution in [3.8, 4) is 17.6 Å². The van der Waals surface area contributed by atoms with E-state index in [4.69, 9.17) is 15.2 Å². The summed E-state index contributed by atoms with van der Waals surface area (Å²) < 4.78 is 40.7. The second kappa shape index (κ2) is 8.96. The number of morpholine rings is 1. The van der Waals surface area contributed by atoms with Crippen LogP contribution in [-0.2, 0) is 27.3 Å². The predicted molar refractivity (Wildman–Crippen MR) is 121 cm³/mol. The topological polar surface area (TPSA) is 123 Å². The minimum atomic E-state index is -3.70. The van der Waals surface area contributed by atoms with Crippen molar-refractivity contribution in [1.29, 1.82) is 5.26 Å². The van der Waals surface area contributed by atoms with Crippen molar-refractivity contribution in [3.63, 3.8) is 0 Å². The second-order valence-corrected chi connectivity index (χ2v) is 9.92. The van der Waals surface area contributed by atoms with E-state index < -0.39 is 15.6 Å². The number of imidazole rings is 1. The highest BCUT2D eigenvalue weighted by atomic mass is 32.2. The lowest BCUT2D eigenvalue weighted by molar-refractivity contribution is 0.0730. The number of para-hydroxylation sites is 1. The average Bonchev–Trinajstić information content (AvgIpc) is 3.26. The third kappa shape index (κ3) is 4.36. The van der Waals surface area contributed by atoms with Crippen LogP contribution in [0, 0.1) is 11.3 Å². The molecule has 172 valence electrons. The van der Waals surface area contributed by atoms with E-state index in [2.05, 4.69) is 11.1 Å². The van der Waals surface area contributed by atoms with Crippen LogP contribution in [0.2, 0.25) is 0 Å². The molecule has 10 heteroatoms. The maximum absolute atomic E-state index is 13.1. The van der Waals surface area contributed by atoms with Crippen molar-refractivity contribution in [1.82, 2.24) is 13.9 Å². The van der Waals surface area contributed by atoms with Gasteiger partial charge in [0.1, 0.15) is 11.8 Å². The van der Waals surface area contributed by atoms with Crippen molar-refractivity contribution >= 4 is 10.0 Å². The molecule has 0 radical (unpaired) electrons. The largest absolute Gasteiger partial charge is 0.456 e. The Morgan fingerprint density at radius 2 is 1.94 bits per heavy atom. The Morgan fingerprint density at radius 1 is 1.21 bits per heavy atom. The third-order valence-corrected chi connectivity index (χ3v) is 7.57. The molecule has 1 unspecified atom stereocenters. The van der Waals surface area contributed by atoms with Crippen molar-refractivity contribution in [2.24, 2.45) is 12.8 Å². The van der Waals surface area contributed by atoms with Crippen LogP contribution in [0.25, 0.3) is 0 Å². The third-order valence-electron chi connectivity index (χ3n) is 5.68. The van der Waals surface area contributed by atoms with Gasteiger partial charge in [-0.3, -0.25) is 0 Å². The normalized spacial score (nSPS) is 16.7. The van der Waals surface area contributed by atoms with Gasteiger partial charge in [0, 0.05) is 31.8 Å². The van der Waals surface area contributed by atoms with Crippen LogP contribution < -0.4 is 10.5 Å². The highest BCUT2D eigenvalue weighted by Gasteiger charge is 2.32. The number of benzene rings is 2. The van der Waals surface area contributed by atoms with Crippen LogP contribution in [0.3, 0.4) is 0 Å². The summed E-state index contributed by atoms with van der Waals surface area (Å²) in [6, 6.07) is 13.5. The van der Waals surface area contributed by atoms with E-state index in [0.29, 0.717) is 31.9 Å². The zero-order chi connectivity index (χ0) is 23.6. The van der Waals surface area contributed by atoms with E-state index in [0.717, 1.165) is 5.69 Å². The van der Waals surface area contributed by atoms with Crippen molar-refractivity contribution in [2.75, 3.05) is 26.3 Å². The smallest absolute Gasteiger partial charge is 0.243 e. The zero-order valence-corrected chi connectivity index (χ0v) is 19.2. The van der Waals surface area contributed by atoms with Gasteiger partial charge in [-0.2, -0.15) is 9.57 Å².